The molecule has 6 heteroatoms. The standard InChI is InChI=1S/C23H27BrN4O/c24-17-5-6-22(19(12-17)20-7-9-26-27-20)29-23-18-4-2-1-3-16(18)11-21(23)28-10-8-15(13-25)14-28/h1-6,12,15,21,23,26H,7-11,13-14,25H2/t15-,21-,23-/m1/s1. The Morgan fingerprint density at radius 2 is 2.14 bits per heavy atom. The maximum atomic E-state index is 6.79. The van der Waals surface area contributed by atoms with Crippen molar-refractivity contribution in [1.82, 2.24) is 10.3 Å². The Bertz CT molecular complexity index is 931. The lowest BCUT2D eigenvalue weighted by molar-refractivity contribution is 0.0915. The van der Waals surface area contributed by atoms with Crippen molar-refractivity contribution in [3.63, 3.8) is 0 Å². The third kappa shape index (κ3) is 3.69. The Balaban J connectivity index is 1.48. The Labute approximate surface area is 180 Å². The number of rotatable bonds is 5. The molecule has 0 amide bonds. The van der Waals surface area contributed by atoms with Gasteiger partial charge in [-0.15, -0.1) is 0 Å². The highest BCUT2D eigenvalue weighted by Crippen LogP contribution is 2.41. The second-order valence-corrected chi connectivity index (χ2v) is 9.17. The number of likely N-dealkylation sites (tertiary alicyclic amines) is 1. The quantitative estimate of drug-likeness (QED) is 0.725. The molecular formula is C23H27BrN4O. The number of hydrazone groups is 1. The van der Waals surface area contributed by atoms with Crippen LogP contribution >= 0.6 is 15.9 Å². The Hall–Kier alpha value is -1.89. The molecule has 0 aromatic heterocycles. The molecule has 1 fully saturated rings. The van der Waals surface area contributed by atoms with Crippen LogP contribution in [0.3, 0.4) is 0 Å². The molecule has 5 rings (SSSR count). The van der Waals surface area contributed by atoms with Crippen LogP contribution in [-0.2, 0) is 6.42 Å². The van der Waals surface area contributed by atoms with Crippen LogP contribution in [0.15, 0.2) is 52.0 Å². The average Bonchev–Trinajstić information content (AvgIpc) is 3.49. The van der Waals surface area contributed by atoms with Gasteiger partial charge < -0.3 is 15.9 Å². The smallest absolute Gasteiger partial charge is 0.140 e. The van der Waals surface area contributed by atoms with Crippen molar-refractivity contribution in [3.05, 3.63) is 63.6 Å². The van der Waals surface area contributed by atoms with Crippen molar-refractivity contribution in [2.45, 2.75) is 31.4 Å². The van der Waals surface area contributed by atoms with Crippen LogP contribution in [0.25, 0.3) is 0 Å². The molecule has 2 aromatic carbocycles. The molecule has 2 aromatic rings. The van der Waals surface area contributed by atoms with E-state index in [0.29, 0.717) is 12.0 Å². The number of nitrogens with zero attached hydrogens (tertiary/aromatic N) is 2. The Morgan fingerprint density at radius 3 is 2.93 bits per heavy atom. The summed E-state index contributed by atoms with van der Waals surface area (Å²) in [6.45, 7) is 3.82. The molecule has 5 nitrogen and oxygen atoms in total. The molecular weight excluding hydrogens is 428 g/mol. The van der Waals surface area contributed by atoms with Crippen LogP contribution in [0.5, 0.6) is 5.75 Å². The minimum atomic E-state index is 0.0256. The molecule has 3 atom stereocenters. The van der Waals surface area contributed by atoms with Crippen LogP contribution in [0, 0.1) is 5.92 Å². The lowest BCUT2D eigenvalue weighted by Crippen LogP contribution is -2.39. The van der Waals surface area contributed by atoms with Gasteiger partial charge in [0.05, 0.1) is 11.8 Å². The second-order valence-electron chi connectivity index (χ2n) is 8.25. The van der Waals surface area contributed by atoms with Crippen LogP contribution < -0.4 is 15.9 Å². The zero-order valence-electron chi connectivity index (χ0n) is 16.5. The highest BCUT2D eigenvalue weighted by molar-refractivity contribution is 9.10. The zero-order chi connectivity index (χ0) is 19.8. The minimum absolute atomic E-state index is 0.0256. The normalized spacial score (nSPS) is 26.3. The lowest BCUT2D eigenvalue weighted by Gasteiger charge is -2.31. The van der Waals surface area contributed by atoms with E-state index in [1.165, 1.54) is 17.5 Å². The van der Waals surface area contributed by atoms with Gasteiger partial charge in [0.1, 0.15) is 11.9 Å². The number of ether oxygens (including phenoxy) is 1. The summed E-state index contributed by atoms with van der Waals surface area (Å²) in [5.74, 6) is 1.51. The monoisotopic (exact) mass is 454 g/mol. The number of benzene rings is 2. The summed E-state index contributed by atoms with van der Waals surface area (Å²) in [7, 11) is 0. The van der Waals surface area contributed by atoms with E-state index in [-0.39, 0.29) is 6.10 Å². The van der Waals surface area contributed by atoms with Crippen molar-refractivity contribution in [2.75, 3.05) is 26.2 Å². The van der Waals surface area contributed by atoms with Crippen LogP contribution in [0.4, 0.5) is 0 Å². The first-order valence-electron chi connectivity index (χ1n) is 10.5. The SMILES string of the molecule is NC[C@H]1CCN([C@@H]2Cc3ccccc3[C@H]2Oc2ccc(Br)cc2C2=NNCC2)C1. The van der Waals surface area contributed by atoms with Gasteiger partial charge in [-0.05, 0) is 61.2 Å². The van der Waals surface area contributed by atoms with E-state index in [2.05, 4.69) is 73.8 Å². The van der Waals surface area contributed by atoms with Crippen molar-refractivity contribution in [3.8, 4) is 5.75 Å². The van der Waals surface area contributed by atoms with Crippen molar-refractivity contribution in [2.24, 2.45) is 16.8 Å². The van der Waals surface area contributed by atoms with Gasteiger partial charge in [0.2, 0.25) is 0 Å². The molecule has 0 radical (unpaired) electrons. The summed E-state index contributed by atoms with van der Waals surface area (Å²) < 4.78 is 7.84. The van der Waals surface area contributed by atoms with E-state index in [9.17, 15) is 0 Å². The van der Waals surface area contributed by atoms with E-state index in [0.717, 1.165) is 60.5 Å². The van der Waals surface area contributed by atoms with Crippen molar-refractivity contribution >= 4 is 21.6 Å². The minimum Gasteiger partial charge on any atom is -0.483 e. The first-order valence-corrected chi connectivity index (χ1v) is 11.3. The van der Waals surface area contributed by atoms with Gasteiger partial charge in [0.25, 0.3) is 0 Å². The van der Waals surface area contributed by atoms with Gasteiger partial charge in [-0.1, -0.05) is 40.2 Å². The van der Waals surface area contributed by atoms with Crippen LogP contribution in [0.1, 0.15) is 35.6 Å². The first kappa shape index (κ1) is 19.1. The predicted octanol–water partition coefficient (Wildman–Crippen LogP) is 3.47. The zero-order valence-corrected chi connectivity index (χ0v) is 18.1. The number of hydrogen-bond acceptors (Lipinski definition) is 5. The van der Waals surface area contributed by atoms with Gasteiger partial charge in [0, 0.05) is 29.5 Å². The van der Waals surface area contributed by atoms with E-state index >= 15 is 0 Å². The van der Waals surface area contributed by atoms with Crippen molar-refractivity contribution < 1.29 is 4.74 Å². The molecule has 2 aliphatic heterocycles. The van der Waals surface area contributed by atoms with E-state index in [1.54, 1.807) is 0 Å². The van der Waals surface area contributed by atoms with E-state index in [4.69, 9.17) is 10.5 Å². The first-order chi connectivity index (χ1) is 14.2. The van der Waals surface area contributed by atoms with Crippen LogP contribution in [-0.4, -0.2) is 42.8 Å². The molecule has 0 bridgehead atoms. The maximum absolute atomic E-state index is 6.79. The van der Waals surface area contributed by atoms with E-state index in [1.807, 2.05) is 0 Å². The number of nitrogens with two attached hydrogens (primary N) is 1. The summed E-state index contributed by atoms with van der Waals surface area (Å²) >= 11 is 3.61. The molecule has 2 heterocycles. The highest BCUT2D eigenvalue weighted by Gasteiger charge is 2.40. The van der Waals surface area contributed by atoms with Crippen molar-refractivity contribution in [1.29, 1.82) is 0 Å². The summed E-state index contributed by atoms with van der Waals surface area (Å²) in [5, 5.41) is 4.49. The summed E-state index contributed by atoms with van der Waals surface area (Å²) in [6, 6.07) is 15.3. The fourth-order valence-electron chi connectivity index (χ4n) is 4.90. The van der Waals surface area contributed by atoms with E-state index < -0.39 is 0 Å². The number of fused-ring (bicyclic) bond motifs is 1. The number of hydrogen-bond donors (Lipinski definition) is 2. The molecule has 29 heavy (non-hydrogen) atoms. The molecule has 1 saturated heterocycles. The summed E-state index contributed by atoms with van der Waals surface area (Å²) in [4.78, 5) is 2.59. The number of halogens is 1. The molecule has 1 aliphatic carbocycles. The third-order valence-electron chi connectivity index (χ3n) is 6.45. The highest BCUT2D eigenvalue weighted by atomic mass is 79.9. The Kier molecular flexibility index (Phi) is 5.33. The molecule has 0 saturated carbocycles. The molecule has 0 unspecified atom stereocenters. The largest absolute Gasteiger partial charge is 0.483 e. The lowest BCUT2D eigenvalue weighted by atomic mass is 10.1. The molecule has 152 valence electrons. The van der Waals surface area contributed by atoms with Gasteiger partial charge in [-0.25, -0.2) is 0 Å². The fraction of sp³-hybridized carbons (Fsp3) is 0.435. The Morgan fingerprint density at radius 1 is 1.24 bits per heavy atom. The summed E-state index contributed by atoms with van der Waals surface area (Å²) in [6.07, 6.45) is 3.16. The fourth-order valence-corrected chi connectivity index (χ4v) is 5.26. The molecule has 0 spiro atoms. The molecule has 3 N–H and O–H groups in total. The predicted molar refractivity (Wildman–Crippen MR) is 119 cm³/mol. The third-order valence-corrected chi connectivity index (χ3v) is 6.95. The molecule has 3 aliphatic rings. The van der Waals surface area contributed by atoms with Gasteiger partial charge in [-0.3, -0.25) is 4.90 Å². The average molecular weight is 455 g/mol. The van der Waals surface area contributed by atoms with Gasteiger partial charge in [0.15, 0.2) is 0 Å². The van der Waals surface area contributed by atoms with Crippen LogP contribution in [0.2, 0.25) is 0 Å². The summed E-state index contributed by atoms with van der Waals surface area (Å²) in [5.41, 5.74) is 13.9. The van der Waals surface area contributed by atoms with Gasteiger partial charge in [-0.2, -0.15) is 5.10 Å². The van der Waals surface area contributed by atoms with Gasteiger partial charge >= 0.3 is 0 Å². The topological polar surface area (TPSA) is 62.9 Å². The maximum Gasteiger partial charge on any atom is 0.140 e. The number of nitrogens with one attached hydrogen (secondary N) is 1. The second kappa shape index (κ2) is 8.09.